The number of halogens is 3. The van der Waals surface area contributed by atoms with Crippen molar-refractivity contribution in [2.24, 2.45) is 0 Å². The number of hydrogen-bond acceptors (Lipinski definition) is 3. The molecule has 108 valence electrons. The molecule has 0 unspecified atom stereocenters. The van der Waals surface area contributed by atoms with E-state index in [1.165, 1.54) is 6.20 Å². The van der Waals surface area contributed by atoms with E-state index < -0.39 is 25.9 Å². The van der Waals surface area contributed by atoms with Gasteiger partial charge in [0, 0.05) is 27.1 Å². The molecule has 0 aliphatic heterocycles. The van der Waals surface area contributed by atoms with Crippen LogP contribution in [0.1, 0.15) is 10.6 Å². The van der Waals surface area contributed by atoms with Crippen LogP contribution in [-0.4, -0.2) is 36.2 Å². The molecule has 19 heavy (non-hydrogen) atoms. The standard InChI is InChI=1S/C11H17F3N2O2Si/c1-19(2,3)7-6-18-8-16-5-4-15-10(16)9(17)11(12,13)14/h4-5H,6-8H2,1-3H3. The summed E-state index contributed by atoms with van der Waals surface area (Å²) in [5, 5.41) is 0. The Hall–Kier alpha value is -1.15. The number of hydrogen-bond donors (Lipinski definition) is 0. The van der Waals surface area contributed by atoms with E-state index in [2.05, 4.69) is 24.6 Å². The summed E-state index contributed by atoms with van der Waals surface area (Å²) in [7, 11) is -1.24. The minimum absolute atomic E-state index is 0.0956. The molecular weight excluding hydrogens is 277 g/mol. The Morgan fingerprint density at radius 2 is 2.05 bits per heavy atom. The maximum absolute atomic E-state index is 12.3. The molecule has 0 radical (unpaired) electrons. The van der Waals surface area contributed by atoms with Crippen molar-refractivity contribution in [2.45, 2.75) is 38.6 Å². The molecule has 0 N–H and O–H groups in total. The summed E-state index contributed by atoms with van der Waals surface area (Å²) in [4.78, 5) is 14.5. The molecule has 8 heteroatoms. The number of aromatic nitrogens is 2. The summed E-state index contributed by atoms with van der Waals surface area (Å²) in [5.41, 5.74) is 0. The molecule has 1 aromatic heterocycles. The fourth-order valence-corrected chi connectivity index (χ4v) is 2.05. The van der Waals surface area contributed by atoms with Crippen LogP contribution in [0.2, 0.25) is 25.7 Å². The minimum atomic E-state index is -4.92. The number of nitrogens with zero attached hydrogens (tertiary/aromatic N) is 2. The molecular formula is C11H17F3N2O2Si. The number of carbonyl (C=O) groups is 1. The fourth-order valence-electron chi connectivity index (χ4n) is 1.29. The molecule has 4 nitrogen and oxygen atoms in total. The van der Waals surface area contributed by atoms with Crippen LogP contribution in [-0.2, 0) is 11.5 Å². The van der Waals surface area contributed by atoms with Crippen molar-refractivity contribution in [1.82, 2.24) is 9.55 Å². The van der Waals surface area contributed by atoms with E-state index in [-0.39, 0.29) is 6.73 Å². The quantitative estimate of drug-likeness (QED) is 0.460. The van der Waals surface area contributed by atoms with E-state index in [4.69, 9.17) is 4.74 Å². The molecule has 0 aliphatic rings. The average Bonchev–Trinajstić information content (AvgIpc) is 2.68. The number of ketones is 1. The summed E-state index contributed by atoms with van der Waals surface area (Å²) < 4.78 is 43.3. The van der Waals surface area contributed by atoms with Crippen molar-refractivity contribution in [1.29, 1.82) is 0 Å². The normalized spacial score (nSPS) is 12.7. The van der Waals surface area contributed by atoms with E-state index >= 15 is 0 Å². The molecule has 0 atom stereocenters. The second kappa shape index (κ2) is 5.87. The monoisotopic (exact) mass is 294 g/mol. The van der Waals surface area contributed by atoms with Crippen LogP contribution in [0.15, 0.2) is 12.4 Å². The molecule has 1 aromatic rings. The van der Waals surface area contributed by atoms with Gasteiger partial charge in [0.05, 0.1) is 0 Å². The first-order valence-electron chi connectivity index (χ1n) is 5.82. The van der Waals surface area contributed by atoms with E-state index in [9.17, 15) is 18.0 Å². The molecule has 0 fully saturated rings. The molecule has 0 aliphatic carbocycles. The summed E-state index contributed by atoms with van der Waals surface area (Å²) >= 11 is 0. The lowest BCUT2D eigenvalue weighted by Crippen LogP contribution is -2.27. The molecule has 0 amide bonds. The summed E-state index contributed by atoms with van der Waals surface area (Å²) in [5.74, 6) is -2.59. The van der Waals surface area contributed by atoms with Gasteiger partial charge in [-0.2, -0.15) is 13.2 Å². The lowest BCUT2D eigenvalue weighted by atomic mass is 10.3. The van der Waals surface area contributed by atoms with Gasteiger partial charge in [-0.25, -0.2) is 4.98 Å². The average molecular weight is 294 g/mol. The van der Waals surface area contributed by atoms with Gasteiger partial charge in [-0.1, -0.05) is 19.6 Å². The van der Waals surface area contributed by atoms with Crippen molar-refractivity contribution in [3.8, 4) is 0 Å². The first-order valence-corrected chi connectivity index (χ1v) is 9.52. The third-order valence-electron chi connectivity index (χ3n) is 2.40. The summed E-state index contributed by atoms with van der Waals surface area (Å²) in [6.45, 7) is 6.89. The molecule has 0 saturated carbocycles. The Balaban J connectivity index is 2.57. The maximum atomic E-state index is 12.3. The zero-order valence-electron chi connectivity index (χ0n) is 11.1. The lowest BCUT2D eigenvalue weighted by molar-refractivity contribution is -0.0896. The number of alkyl halides is 3. The summed E-state index contributed by atoms with van der Waals surface area (Å²) in [6.07, 6.45) is -2.46. The number of Topliss-reactive ketones (excluding diaryl/α,β-unsaturated/α-hetero) is 1. The van der Waals surface area contributed by atoms with Gasteiger partial charge in [0.1, 0.15) is 6.73 Å². The van der Waals surface area contributed by atoms with Gasteiger partial charge in [0.2, 0.25) is 0 Å². The minimum Gasteiger partial charge on any atom is -0.361 e. The third-order valence-corrected chi connectivity index (χ3v) is 4.11. The fraction of sp³-hybridized carbons (Fsp3) is 0.636. The first kappa shape index (κ1) is 15.9. The topological polar surface area (TPSA) is 44.1 Å². The van der Waals surface area contributed by atoms with Crippen molar-refractivity contribution in [2.75, 3.05) is 6.61 Å². The van der Waals surface area contributed by atoms with Gasteiger partial charge < -0.3 is 9.30 Å². The third kappa shape index (κ3) is 5.15. The Kier molecular flexibility index (Phi) is 4.91. The maximum Gasteiger partial charge on any atom is 0.458 e. The summed E-state index contributed by atoms with van der Waals surface area (Å²) in [6, 6.07) is 0.907. The van der Waals surface area contributed by atoms with Crippen LogP contribution in [0, 0.1) is 0 Å². The van der Waals surface area contributed by atoms with Crippen molar-refractivity contribution < 1.29 is 22.7 Å². The SMILES string of the molecule is C[Si](C)(C)CCOCn1ccnc1C(=O)C(F)(F)F. The van der Waals surface area contributed by atoms with Crippen molar-refractivity contribution in [3.63, 3.8) is 0 Å². The molecule has 0 saturated heterocycles. The van der Waals surface area contributed by atoms with E-state index in [1.807, 2.05) is 0 Å². The Morgan fingerprint density at radius 1 is 1.42 bits per heavy atom. The molecule has 1 rings (SSSR count). The number of imidazole rings is 1. The van der Waals surface area contributed by atoms with Gasteiger partial charge in [0.25, 0.3) is 0 Å². The van der Waals surface area contributed by atoms with Crippen LogP contribution in [0.5, 0.6) is 0 Å². The highest BCUT2D eigenvalue weighted by Gasteiger charge is 2.42. The largest absolute Gasteiger partial charge is 0.458 e. The number of ether oxygens (including phenoxy) is 1. The van der Waals surface area contributed by atoms with E-state index in [0.29, 0.717) is 6.61 Å². The van der Waals surface area contributed by atoms with Crippen LogP contribution in [0.3, 0.4) is 0 Å². The second-order valence-electron chi connectivity index (χ2n) is 5.40. The zero-order chi connectivity index (χ0) is 14.7. The smallest absolute Gasteiger partial charge is 0.361 e. The molecule has 0 spiro atoms. The lowest BCUT2D eigenvalue weighted by Gasteiger charge is -2.16. The highest BCUT2D eigenvalue weighted by Crippen LogP contribution is 2.20. The van der Waals surface area contributed by atoms with Gasteiger partial charge in [-0.3, -0.25) is 4.79 Å². The van der Waals surface area contributed by atoms with Crippen LogP contribution >= 0.6 is 0 Å². The molecule has 0 aromatic carbocycles. The van der Waals surface area contributed by atoms with Crippen molar-refractivity contribution >= 4 is 13.9 Å². The molecule has 1 heterocycles. The Bertz CT molecular complexity index is 438. The highest BCUT2D eigenvalue weighted by molar-refractivity contribution is 6.76. The Morgan fingerprint density at radius 3 is 2.58 bits per heavy atom. The zero-order valence-corrected chi connectivity index (χ0v) is 12.1. The number of rotatable bonds is 6. The number of carbonyl (C=O) groups excluding carboxylic acids is 1. The van der Waals surface area contributed by atoms with Crippen LogP contribution in [0.25, 0.3) is 0 Å². The highest BCUT2D eigenvalue weighted by atomic mass is 28.3. The van der Waals surface area contributed by atoms with Gasteiger partial charge >= 0.3 is 12.0 Å². The predicted molar refractivity (Wildman–Crippen MR) is 66.7 cm³/mol. The van der Waals surface area contributed by atoms with Gasteiger partial charge in [-0.05, 0) is 6.04 Å². The van der Waals surface area contributed by atoms with E-state index in [0.717, 1.165) is 16.8 Å². The molecule has 0 bridgehead atoms. The van der Waals surface area contributed by atoms with E-state index in [1.54, 1.807) is 0 Å². The van der Waals surface area contributed by atoms with Gasteiger partial charge in [-0.15, -0.1) is 0 Å². The van der Waals surface area contributed by atoms with Gasteiger partial charge in [0.15, 0.2) is 5.82 Å². The van der Waals surface area contributed by atoms with Crippen LogP contribution in [0.4, 0.5) is 13.2 Å². The van der Waals surface area contributed by atoms with Crippen molar-refractivity contribution in [3.05, 3.63) is 18.2 Å². The predicted octanol–water partition coefficient (Wildman–Crippen LogP) is 2.94. The second-order valence-corrected chi connectivity index (χ2v) is 11.0. The van der Waals surface area contributed by atoms with Crippen LogP contribution < -0.4 is 0 Å². The Labute approximate surface area is 110 Å². The first-order chi connectivity index (χ1) is 8.61.